The van der Waals surface area contributed by atoms with Crippen LogP contribution in [0.1, 0.15) is 119 Å². The van der Waals surface area contributed by atoms with Crippen molar-refractivity contribution in [3.8, 4) is 34.0 Å². The lowest BCUT2D eigenvalue weighted by Gasteiger charge is -2.35. The minimum absolute atomic E-state index is 0.00116. The quantitative estimate of drug-likeness (QED) is 0.0781. The number of benzene rings is 4. The molecule has 6 aliphatic heterocycles. The Bertz CT molecular complexity index is 3980. The van der Waals surface area contributed by atoms with Crippen LogP contribution in [0.4, 0.5) is 0 Å². The second kappa shape index (κ2) is 25.4. The molecule has 14 rings (SSSR count). The number of carbonyl (C=O) groups excluding carboxylic acids is 3. The van der Waals surface area contributed by atoms with E-state index in [4.69, 9.17) is 9.47 Å². The number of nitrogens with zero attached hydrogens (tertiary/aromatic N) is 5. The number of fused-ring (bicyclic) bond motifs is 14. The maximum atomic E-state index is 14.2. The molecule has 8 heterocycles. The zero-order chi connectivity index (χ0) is 60.6. The molecular formula is C64H76N10O11S2. The normalized spacial score (nSPS) is 19.6. The molecule has 3 amide bonds. The summed E-state index contributed by atoms with van der Waals surface area (Å²) in [4.78, 5) is 59.3. The van der Waals surface area contributed by atoms with E-state index in [9.17, 15) is 41.1 Å². The highest BCUT2D eigenvalue weighted by atomic mass is 32.2. The summed E-state index contributed by atoms with van der Waals surface area (Å²) in [6.45, 7) is 7.64. The van der Waals surface area contributed by atoms with Crippen LogP contribution in [0.25, 0.3) is 56.5 Å². The van der Waals surface area contributed by atoms with Crippen LogP contribution in [-0.2, 0) is 43.1 Å². The number of methoxy groups -OCH3 is 2. The van der Waals surface area contributed by atoms with Crippen LogP contribution in [0.2, 0.25) is 0 Å². The van der Waals surface area contributed by atoms with Crippen molar-refractivity contribution in [1.82, 2.24) is 48.0 Å². The lowest BCUT2D eigenvalue weighted by molar-refractivity contribution is -0.133. The summed E-state index contributed by atoms with van der Waals surface area (Å²) in [5, 5.41) is 15.4. The zero-order valence-electron chi connectivity index (χ0n) is 49.3. The van der Waals surface area contributed by atoms with Gasteiger partial charge in [0.15, 0.2) is 0 Å². The molecule has 0 spiro atoms. The van der Waals surface area contributed by atoms with Crippen LogP contribution >= 0.6 is 0 Å². The number of hydrogen-bond acceptors (Lipinski definition) is 13. The minimum atomic E-state index is -4.08. The van der Waals surface area contributed by atoms with Gasteiger partial charge in [0.25, 0.3) is 17.7 Å². The van der Waals surface area contributed by atoms with E-state index in [-0.39, 0.29) is 48.2 Å². The third-order valence-corrected chi connectivity index (χ3v) is 20.5. The Morgan fingerprint density at radius 2 is 1.26 bits per heavy atom. The number of rotatable bonds is 11. The summed E-state index contributed by atoms with van der Waals surface area (Å²) in [6.07, 6.45) is 14.9. The van der Waals surface area contributed by atoms with Gasteiger partial charge in [-0.3, -0.25) is 24.2 Å². The first-order chi connectivity index (χ1) is 42.0. The fourth-order valence-electron chi connectivity index (χ4n) is 14.0. The van der Waals surface area contributed by atoms with E-state index in [0.29, 0.717) is 68.6 Å². The fraction of sp³-hybridized carbons (Fsp3) is 0.438. The number of piperazine rings is 2. The van der Waals surface area contributed by atoms with Crippen molar-refractivity contribution in [2.24, 2.45) is 0 Å². The molecule has 6 bridgehead atoms. The van der Waals surface area contributed by atoms with Gasteiger partial charge in [0.2, 0.25) is 0 Å². The molecule has 2 saturated carbocycles. The van der Waals surface area contributed by atoms with Crippen molar-refractivity contribution in [1.29, 1.82) is 0 Å². The summed E-state index contributed by atoms with van der Waals surface area (Å²) in [5.41, 5.74) is 10.9. The standard InChI is InChI=1S/C32H39N5O6S.C32H37N5O5S/c1-43-25-8-10-26-23(18-25)17-24(32(39)40)20-37-28-19-22(7-9-27(28)29(30(26)37)21-5-3-2-4-6-21)31(38)35-44(41,42)34-13-16-36-14-11-33-12-15-36;1-42-25-8-10-26-23(18-25)17-24-20-37-28-19-22(7-9-27(28)29(30(26)37)21-5-3-2-4-6-21)31(38)34-43(40,41)33-11-12-35-13-15-36(16-14-35)32(24)39/h7-10,17-19,21,33-34H,2-6,11-16,20H2,1H3,(H,35,38)(H,39,40);7-10,17-19,21,33H,2-6,11-16,20H2,1H3,(H,34,38). The first-order valence-corrected chi connectivity index (χ1v) is 33.4. The van der Waals surface area contributed by atoms with Gasteiger partial charge in [-0.15, -0.1) is 0 Å². The van der Waals surface area contributed by atoms with E-state index in [0.717, 1.165) is 139 Å². The molecule has 6 N–H and O–H groups in total. The Labute approximate surface area is 507 Å². The van der Waals surface area contributed by atoms with Crippen LogP contribution in [0.3, 0.4) is 0 Å². The van der Waals surface area contributed by atoms with Gasteiger partial charge >= 0.3 is 26.4 Å². The average Bonchev–Trinajstić information content (AvgIpc) is 1.65. The molecule has 87 heavy (non-hydrogen) atoms. The molecule has 0 unspecified atom stereocenters. The zero-order valence-corrected chi connectivity index (χ0v) is 50.9. The molecule has 4 fully saturated rings. The SMILES string of the molecule is COc1ccc2c(c1)C=C(C(=O)O)Cn1c-2c(C2CCCCC2)c2ccc(C(=O)NS(=O)(=O)NCCN3CCNCC3)cc21.COc1ccc2c(c1)C=C1Cn3c-2c(C2CCCCC2)c2ccc(cc23)C(=O)NS(=O)(=O)NCCN2CCN(CC2)C1=O. The van der Waals surface area contributed by atoms with Crippen molar-refractivity contribution < 1.29 is 50.6 Å². The molecule has 2 aliphatic carbocycles. The van der Waals surface area contributed by atoms with E-state index in [1.54, 1.807) is 44.6 Å². The first kappa shape index (κ1) is 59.9. The van der Waals surface area contributed by atoms with Gasteiger partial charge < -0.3 is 33.9 Å². The van der Waals surface area contributed by atoms with Gasteiger partial charge in [-0.1, -0.05) is 50.7 Å². The second-order valence-electron chi connectivity index (χ2n) is 23.8. The number of aromatic nitrogens is 2. The van der Waals surface area contributed by atoms with E-state index < -0.39 is 38.2 Å². The number of ether oxygens (including phenoxy) is 2. The lowest BCUT2D eigenvalue weighted by Crippen LogP contribution is -2.51. The number of hydrogen-bond donors (Lipinski definition) is 6. The van der Waals surface area contributed by atoms with Crippen LogP contribution in [0.5, 0.6) is 11.5 Å². The van der Waals surface area contributed by atoms with Gasteiger partial charge in [-0.25, -0.2) is 14.2 Å². The molecule has 21 nitrogen and oxygen atoms in total. The van der Waals surface area contributed by atoms with Crippen molar-refractivity contribution >= 4 is 78.1 Å². The topological polar surface area (TPSA) is 255 Å². The summed E-state index contributed by atoms with van der Waals surface area (Å²) < 4.78 is 75.6. The van der Waals surface area contributed by atoms with E-state index >= 15 is 0 Å². The predicted molar refractivity (Wildman–Crippen MR) is 334 cm³/mol. The monoisotopic (exact) mass is 1220 g/mol. The van der Waals surface area contributed by atoms with Gasteiger partial charge in [-0.2, -0.15) is 26.3 Å². The lowest BCUT2D eigenvalue weighted by atomic mass is 9.81. The molecule has 23 heteroatoms. The average molecular weight is 1230 g/mol. The summed E-state index contributed by atoms with van der Waals surface area (Å²) in [7, 11) is -4.90. The minimum Gasteiger partial charge on any atom is -0.497 e. The number of nitrogens with one attached hydrogen (secondary N) is 5. The van der Waals surface area contributed by atoms with Crippen molar-refractivity contribution in [2.45, 2.75) is 89.1 Å². The van der Waals surface area contributed by atoms with E-state index in [1.807, 2.05) is 58.0 Å². The van der Waals surface area contributed by atoms with Gasteiger partial charge in [-0.05, 0) is 133 Å². The maximum absolute atomic E-state index is 14.2. The fourth-order valence-corrected chi connectivity index (χ4v) is 15.6. The number of carbonyl (C=O) groups is 4. The smallest absolute Gasteiger partial charge is 0.333 e. The van der Waals surface area contributed by atoms with Crippen molar-refractivity contribution in [3.63, 3.8) is 0 Å². The molecule has 6 aromatic rings. The molecule has 0 radical (unpaired) electrons. The predicted octanol–water partition coefficient (Wildman–Crippen LogP) is 6.80. The highest BCUT2D eigenvalue weighted by Crippen LogP contribution is 2.49. The molecular weight excluding hydrogens is 1150 g/mol. The molecule has 4 aromatic carbocycles. The van der Waals surface area contributed by atoms with Gasteiger partial charge in [0.05, 0.1) is 44.3 Å². The van der Waals surface area contributed by atoms with E-state index in [2.05, 4.69) is 44.6 Å². The largest absolute Gasteiger partial charge is 0.497 e. The Hall–Kier alpha value is -7.38. The summed E-state index contributed by atoms with van der Waals surface area (Å²) in [6, 6.07) is 22.4. The van der Waals surface area contributed by atoms with Crippen LogP contribution in [0, 0.1) is 0 Å². The van der Waals surface area contributed by atoms with Gasteiger partial charge in [0, 0.05) is 128 Å². The number of carboxylic acid groups (broad SMARTS) is 1. The molecule has 0 atom stereocenters. The van der Waals surface area contributed by atoms with Crippen molar-refractivity contribution in [2.75, 3.05) is 92.8 Å². The highest BCUT2D eigenvalue weighted by molar-refractivity contribution is 7.88. The van der Waals surface area contributed by atoms with Crippen LogP contribution in [-0.4, -0.2) is 162 Å². The van der Waals surface area contributed by atoms with E-state index in [1.165, 1.54) is 18.4 Å². The molecule has 2 aromatic heterocycles. The highest BCUT2D eigenvalue weighted by Gasteiger charge is 2.35. The Morgan fingerprint density at radius 1 is 0.678 bits per heavy atom. The third kappa shape index (κ3) is 12.7. The molecule has 8 aliphatic rings. The van der Waals surface area contributed by atoms with Crippen LogP contribution < -0.4 is 33.7 Å². The van der Waals surface area contributed by atoms with Crippen molar-refractivity contribution in [3.05, 3.63) is 117 Å². The summed E-state index contributed by atoms with van der Waals surface area (Å²) >= 11 is 0. The molecule has 460 valence electrons. The maximum Gasteiger partial charge on any atom is 0.333 e. The number of amides is 3. The second-order valence-corrected chi connectivity index (χ2v) is 26.8. The van der Waals surface area contributed by atoms with Gasteiger partial charge in [0.1, 0.15) is 11.5 Å². The number of aliphatic carboxylic acids is 1. The third-order valence-electron chi connectivity index (χ3n) is 18.4. The summed E-state index contributed by atoms with van der Waals surface area (Å²) in [5.74, 6) is -0.479. The Kier molecular flexibility index (Phi) is 17.5. The Balaban J connectivity index is 0.000000170. The van der Waals surface area contributed by atoms with Crippen LogP contribution in [0.15, 0.2) is 83.9 Å². The Morgan fingerprint density at radius 3 is 1.87 bits per heavy atom. The first-order valence-electron chi connectivity index (χ1n) is 30.5. The molecule has 2 saturated heterocycles. The number of carboxylic acids is 1.